The molecule has 0 bridgehead atoms. The van der Waals surface area contributed by atoms with Crippen LogP contribution in [-0.4, -0.2) is 15.0 Å². The number of nitrogens with zero attached hydrogens (tertiary/aromatic N) is 3. The van der Waals surface area contributed by atoms with Gasteiger partial charge in [0.2, 0.25) is 5.95 Å². The number of pyridine rings is 1. The van der Waals surface area contributed by atoms with Crippen LogP contribution in [0.4, 0.5) is 17.5 Å². The van der Waals surface area contributed by atoms with Crippen LogP contribution in [0.2, 0.25) is 0 Å². The van der Waals surface area contributed by atoms with E-state index in [-0.39, 0.29) is 0 Å². The van der Waals surface area contributed by atoms with Gasteiger partial charge in [0.25, 0.3) is 0 Å². The zero-order valence-corrected chi connectivity index (χ0v) is 14.8. The van der Waals surface area contributed by atoms with E-state index >= 15 is 0 Å². The quantitative estimate of drug-likeness (QED) is 0.570. The number of nitrogens with two attached hydrogens (primary N) is 1. The Labute approximate surface area is 157 Å². The van der Waals surface area contributed by atoms with Crippen LogP contribution < -0.4 is 11.1 Å². The topological polar surface area (TPSA) is 76.7 Å². The van der Waals surface area contributed by atoms with Crippen molar-refractivity contribution in [1.82, 2.24) is 15.0 Å². The third-order valence-electron chi connectivity index (χ3n) is 5.21. The lowest BCUT2D eigenvalue weighted by atomic mass is 9.92. The maximum Gasteiger partial charge on any atom is 0.227 e. The Morgan fingerprint density at radius 2 is 1.78 bits per heavy atom. The van der Waals surface area contributed by atoms with Gasteiger partial charge in [-0.05, 0) is 54.3 Å². The van der Waals surface area contributed by atoms with E-state index in [2.05, 4.69) is 56.7 Å². The second-order valence-electron chi connectivity index (χ2n) is 6.86. The fourth-order valence-electron chi connectivity index (χ4n) is 3.94. The van der Waals surface area contributed by atoms with Crippen molar-refractivity contribution in [2.45, 2.75) is 18.8 Å². The molecule has 1 atom stereocenters. The predicted molar refractivity (Wildman–Crippen MR) is 108 cm³/mol. The molecule has 1 aliphatic carbocycles. The third-order valence-corrected chi connectivity index (χ3v) is 5.21. The number of benzene rings is 2. The molecule has 3 N–H and O–H groups in total. The van der Waals surface area contributed by atoms with Crippen LogP contribution in [-0.2, 0) is 6.42 Å². The number of hydrogen-bond acceptors (Lipinski definition) is 5. The van der Waals surface area contributed by atoms with E-state index in [1.54, 1.807) is 18.5 Å². The highest BCUT2D eigenvalue weighted by molar-refractivity contribution is 5.85. The van der Waals surface area contributed by atoms with Crippen LogP contribution in [0.1, 0.15) is 29.0 Å². The molecule has 5 nitrogen and oxygen atoms in total. The summed E-state index contributed by atoms with van der Waals surface area (Å²) >= 11 is 0. The minimum Gasteiger partial charge on any atom is -0.383 e. The van der Waals surface area contributed by atoms with Gasteiger partial charge in [-0.15, -0.1) is 0 Å². The molecule has 27 heavy (non-hydrogen) atoms. The highest BCUT2D eigenvalue weighted by Gasteiger charge is 2.25. The van der Waals surface area contributed by atoms with Gasteiger partial charge in [0.15, 0.2) is 0 Å². The normalized spacial score (nSPS) is 15.6. The first-order chi connectivity index (χ1) is 13.3. The van der Waals surface area contributed by atoms with E-state index in [9.17, 15) is 0 Å². The molecule has 0 aliphatic heterocycles. The van der Waals surface area contributed by atoms with Gasteiger partial charge in [0, 0.05) is 34.9 Å². The van der Waals surface area contributed by atoms with E-state index in [0.29, 0.717) is 17.7 Å². The molecule has 0 spiro atoms. The highest BCUT2D eigenvalue weighted by atomic mass is 15.1. The maximum atomic E-state index is 6.34. The summed E-state index contributed by atoms with van der Waals surface area (Å²) in [6, 6.07) is 18.6. The molecule has 5 rings (SSSR count). The fraction of sp³-hybridized carbons (Fsp3) is 0.136. The number of rotatable bonds is 3. The second-order valence-corrected chi connectivity index (χ2v) is 6.86. The van der Waals surface area contributed by atoms with Gasteiger partial charge in [-0.1, -0.05) is 24.3 Å². The summed E-state index contributed by atoms with van der Waals surface area (Å²) in [7, 11) is 0. The Bertz CT molecular complexity index is 1120. The van der Waals surface area contributed by atoms with Crippen LogP contribution in [0.5, 0.6) is 0 Å². The van der Waals surface area contributed by atoms with E-state index in [1.165, 1.54) is 11.1 Å². The zero-order chi connectivity index (χ0) is 18.2. The molecular weight excluding hydrogens is 334 g/mol. The molecule has 2 heterocycles. The smallest absolute Gasteiger partial charge is 0.227 e. The van der Waals surface area contributed by atoms with Crippen molar-refractivity contribution in [2.24, 2.45) is 0 Å². The monoisotopic (exact) mass is 353 g/mol. The molecule has 5 heteroatoms. The Morgan fingerprint density at radius 1 is 0.926 bits per heavy atom. The van der Waals surface area contributed by atoms with Gasteiger partial charge in [-0.2, -0.15) is 0 Å². The average Bonchev–Trinajstić information content (AvgIpc) is 3.12. The molecule has 0 amide bonds. The van der Waals surface area contributed by atoms with Gasteiger partial charge in [-0.25, -0.2) is 15.0 Å². The molecule has 2 aromatic heterocycles. The Morgan fingerprint density at radius 3 is 2.67 bits per heavy atom. The van der Waals surface area contributed by atoms with Gasteiger partial charge in [-0.3, -0.25) is 0 Å². The van der Waals surface area contributed by atoms with Crippen molar-refractivity contribution in [3.05, 3.63) is 83.7 Å². The first kappa shape index (κ1) is 15.8. The molecular formula is C22H19N5. The maximum absolute atomic E-state index is 6.34. The molecule has 0 saturated carbocycles. The number of fused-ring (bicyclic) bond motifs is 2. The Hall–Kier alpha value is -3.47. The molecule has 0 radical (unpaired) electrons. The lowest BCUT2D eigenvalue weighted by Crippen LogP contribution is -2.04. The summed E-state index contributed by atoms with van der Waals surface area (Å²) in [5.41, 5.74) is 12.1. The third kappa shape index (κ3) is 2.87. The number of aromatic nitrogens is 3. The van der Waals surface area contributed by atoms with Gasteiger partial charge >= 0.3 is 0 Å². The van der Waals surface area contributed by atoms with E-state index in [4.69, 9.17) is 5.73 Å². The lowest BCUT2D eigenvalue weighted by molar-refractivity contribution is 0.788. The Balaban J connectivity index is 1.55. The van der Waals surface area contributed by atoms with Crippen molar-refractivity contribution in [1.29, 1.82) is 0 Å². The number of hydrogen-bond donors (Lipinski definition) is 2. The van der Waals surface area contributed by atoms with Crippen molar-refractivity contribution in [3.8, 4) is 0 Å². The summed E-state index contributed by atoms with van der Waals surface area (Å²) in [6.07, 6.45) is 5.60. The largest absolute Gasteiger partial charge is 0.383 e. The fourth-order valence-corrected chi connectivity index (χ4v) is 3.94. The van der Waals surface area contributed by atoms with E-state index in [0.717, 1.165) is 35.0 Å². The van der Waals surface area contributed by atoms with Crippen molar-refractivity contribution in [2.75, 3.05) is 11.1 Å². The number of anilines is 3. The van der Waals surface area contributed by atoms with Crippen molar-refractivity contribution in [3.63, 3.8) is 0 Å². The summed E-state index contributed by atoms with van der Waals surface area (Å²) in [5, 5.41) is 4.29. The molecule has 1 unspecified atom stereocenters. The molecule has 0 fully saturated rings. The predicted octanol–water partition coefficient (Wildman–Crippen LogP) is 4.43. The average molecular weight is 353 g/mol. The van der Waals surface area contributed by atoms with Crippen LogP contribution in [0, 0.1) is 0 Å². The summed E-state index contributed by atoms with van der Waals surface area (Å²) in [6.45, 7) is 0. The standard InChI is InChI=1S/C22H19N5/c23-21-19(18-8-6-14-4-1-2-5-17(14)18)13-15-12-16(7-9-20(15)27-21)26-22-24-10-3-11-25-22/h1-5,7,9-13,18H,6,8H2,(H2,23,27)(H,24,25,26). The van der Waals surface area contributed by atoms with Crippen molar-refractivity contribution < 1.29 is 0 Å². The molecule has 4 aromatic rings. The Kier molecular flexibility index (Phi) is 3.71. The second kappa shape index (κ2) is 6.36. The highest BCUT2D eigenvalue weighted by Crippen LogP contribution is 2.40. The SMILES string of the molecule is Nc1nc2ccc(Nc3ncccn3)cc2cc1C1CCc2ccccc21. The lowest BCUT2D eigenvalue weighted by Gasteiger charge is -2.15. The van der Waals surface area contributed by atoms with Crippen LogP contribution in [0.3, 0.4) is 0 Å². The van der Waals surface area contributed by atoms with Crippen LogP contribution in [0.25, 0.3) is 10.9 Å². The summed E-state index contributed by atoms with van der Waals surface area (Å²) in [5.74, 6) is 1.51. The first-order valence-corrected chi connectivity index (χ1v) is 9.10. The number of aryl methyl sites for hydroxylation is 1. The van der Waals surface area contributed by atoms with Crippen LogP contribution >= 0.6 is 0 Å². The minimum absolute atomic E-state index is 0.312. The van der Waals surface area contributed by atoms with Gasteiger partial charge in [0.1, 0.15) is 5.82 Å². The molecule has 132 valence electrons. The summed E-state index contributed by atoms with van der Waals surface area (Å²) < 4.78 is 0. The zero-order valence-electron chi connectivity index (χ0n) is 14.8. The molecule has 1 aliphatic rings. The van der Waals surface area contributed by atoms with Crippen molar-refractivity contribution >= 4 is 28.4 Å². The number of nitrogens with one attached hydrogen (secondary N) is 1. The van der Waals surface area contributed by atoms with E-state index in [1.807, 2.05) is 12.1 Å². The van der Waals surface area contributed by atoms with Gasteiger partial charge in [0.05, 0.1) is 5.52 Å². The minimum atomic E-state index is 0.312. The van der Waals surface area contributed by atoms with E-state index < -0.39 is 0 Å². The van der Waals surface area contributed by atoms with Gasteiger partial charge < -0.3 is 11.1 Å². The first-order valence-electron chi connectivity index (χ1n) is 9.10. The molecule has 0 saturated heterocycles. The molecule has 2 aromatic carbocycles. The summed E-state index contributed by atoms with van der Waals surface area (Å²) in [4.78, 5) is 13.1. The van der Waals surface area contributed by atoms with Crippen LogP contribution in [0.15, 0.2) is 67.0 Å². The number of nitrogen functional groups attached to an aromatic ring is 1.